The van der Waals surface area contributed by atoms with Gasteiger partial charge >= 0.3 is 0 Å². The third-order valence-corrected chi connectivity index (χ3v) is 4.66. The average molecular weight is 306 g/mol. The van der Waals surface area contributed by atoms with Gasteiger partial charge in [0, 0.05) is 31.5 Å². The summed E-state index contributed by atoms with van der Waals surface area (Å²) >= 11 is 1.35. The molecule has 1 aliphatic rings. The summed E-state index contributed by atoms with van der Waals surface area (Å²) in [5.74, 6) is 1.31. The van der Waals surface area contributed by atoms with Gasteiger partial charge in [0.25, 0.3) is 0 Å². The lowest BCUT2D eigenvalue weighted by molar-refractivity contribution is -0.131. The van der Waals surface area contributed by atoms with Crippen molar-refractivity contribution in [3.05, 3.63) is 17.5 Å². The Balaban J connectivity index is 1.75. The first kappa shape index (κ1) is 14.2. The van der Waals surface area contributed by atoms with Gasteiger partial charge in [-0.15, -0.1) is 5.10 Å². The number of nitrogens with zero attached hydrogens (tertiary/aromatic N) is 4. The van der Waals surface area contributed by atoms with Gasteiger partial charge < -0.3 is 9.42 Å². The molecule has 0 aromatic carbocycles. The molecule has 7 heteroatoms. The molecule has 0 saturated carbocycles. The Morgan fingerprint density at radius 3 is 2.86 bits per heavy atom. The Morgan fingerprint density at radius 2 is 2.24 bits per heavy atom. The summed E-state index contributed by atoms with van der Waals surface area (Å²) in [5.41, 5.74) is 1.84. The van der Waals surface area contributed by atoms with E-state index in [4.69, 9.17) is 4.52 Å². The molecule has 0 N–H and O–H groups in total. The molecule has 2 aromatic rings. The minimum absolute atomic E-state index is 0.232. The molecule has 1 saturated heterocycles. The zero-order valence-electron chi connectivity index (χ0n) is 12.2. The molecule has 1 aliphatic heterocycles. The molecule has 6 nitrogen and oxygen atoms in total. The molecule has 3 heterocycles. The molecule has 0 atom stereocenters. The van der Waals surface area contributed by atoms with Crippen LogP contribution in [0.5, 0.6) is 0 Å². The molecular formula is C14H18N4O2S. The normalized spacial score (nSPS) is 16.4. The number of amides is 1. The number of carbonyl (C=O) groups excluding carboxylic acids is 1. The smallest absolute Gasteiger partial charge is 0.222 e. The van der Waals surface area contributed by atoms with Crippen LogP contribution in [0.25, 0.3) is 10.6 Å². The predicted molar refractivity (Wildman–Crippen MR) is 79.0 cm³/mol. The molecule has 0 unspecified atom stereocenters. The van der Waals surface area contributed by atoms with Crippen LogP contribution < -0.4 is 0 Å². The molecule has 3 rings (SSSR count). The van der Waals surface area contributed by atoms with Gasteiger partial charge in [0.15, 0.2) is 5.76 Å². The van der Waals surface area contributed by atoms with Crippen molar-refractivity contribution < 1.29 is 9.32 Å². The zero-order valence-corrected chi connectivity index (χ0v) is 13.0. The Morgan fingerprint density at radius 1 is 1.48 bits per heavy atom. The van der Waals surface area contributed by atoms with Gasteiger partial charge in [-0.3, -0.25) is 4.79 Å². The van der Waals surface area contributed by atoms with Crippen molar-refractivity contribution in [2.45, 2.75) is 39.0 Å². The van der Waals surface area contributed by atoms with Crippen LogP contribution in [0.15, 0.2) is 10.6 Å². The molecule has 112 valence electrons. The fourth-order valence-electron chi connectivity index (χ4n) is 2.73. The van der Waals surface area contributed by atoms with E-state index in [1.807, 2.05) is 24.8 Å². The Labute approximate surface area is 127 Å². The van der Waals surface area contributed by atoms with E-state index in [-0.39, 0.29) is 5.91 Å². The molecule has 2 aromatic heterocycles. The Kier molecular flexibility index (Phi) is 4.01. The maximum absolute atomic E-state index is 11.7. The highest BCUT2D eigenvalue weighted by Crippen LogP contribution is 2.36. The van der Waals surface area contributed by atoms with Crippen molar-refractivity contribution in [1.29, 1.82) is 0 Å². The van der Waals surface area contributed by atoms with Crippen LogP contribution in [0.4, 0.5) is 0 Å². The van der Waals surface area contributed by atoms with E-state index >= 15 is 0 Å². The fraction of sp³-hybridized carbons (Fsp3) is 0.571. The minimum atomic E-state index is 0.232. The van der Waals surface area contributed by atoms with Gasteiger partial charge in [-0.25, -0.2) is 0 Å². The molecule has 1 amide bonds. The van der Waals surface area contributed by atoms with Crippen LogP contribution >= 0.6 is 11.5 Å². The maximum Gasteiger partial charge on any atom is 0.222 e. The van der Waals surface area contributed by atoms with Crippen LogP contribution in [0.1, 0.15) is 43.5 Å². The number of hydrogen-bond acceptors (Lipinski definition) is 6. The number of aryl methyl sites for hydroxylation is 1. The molecular weight excluding hydrogens is 288 g/mol. The van der Waals surface area contributed by atoms with Crippen molar-refractivity contribution in [2.24, 2.45) is 0 Å². The standard InChI is InChI=1S/C14H18N4O2S/c1-3-12(19)18-6-4-10(5-7-18)13-14(21-17-15-13)11-8-9(2)16-20-11/h8,10H,3-7H2,1-2H3. The first-order chi connectivity index (χ1) is 10.2. The summed E-state index contributed by atoms with van der Waals surface area (Å²) in [4.78, 5) is 14.6. The number of carbonyl (C=O) groups is 1. The summed E-state index contributed by atoms with van der Waals surface area (Å²) in [7, 11) is 0. The van der Waals surface area contributed by atoms with E-state index in [9.17, 15) is 4.79 Å². The van der Waals surface area contributed by atoms with Gasteiger partial charge in [0.05, 0.1) is 11.4 Å². The van der Waals surface area contributed by atoms with Crippen molar-refractivity contribution in [3.63, 3.8) is 0 Å². The number of aromatic nitrogens is 3. The van der Waals surface area contributed by atoms with E-state index in [1.165, 1.54) is 11.5 Å². The van der Waals surface area contributed by atoms with Gasteiger partial charge in [0.1, 0.15) is 4.88 Å². The molecule has 0 radical (unpaired) electrons. The number of likely N-dealkylation sites (tertiary alicyclic amines) is 1. The Hall–Kier alpha value is -1.76. The monoisotopic (exact) mass is 306 g/mol. The van der Waals surface area contributed by atoms with Gasteiger partial charge in [0.2, 0.25) is 5.91 Å². The third kappa shape index (κ3) is 2.83. The van der Waals surface area contributed by atoms with Crippen molar-refractivity contribution in [2.75, 3.05) is 13.1 Å². The second-order valence-electron chi connectivity index (χ2n) is 5.33. The number of hydrogen-bond donors (Lipinski definition) is 0. The van der Waals surface area contributed by atoms with Crippen LogP contribution in [0.2, 0.25) is 0 Å². The molecule has 21 heavy (non-hydrogen) atoms. The number of piperidine rings is 1. The lowest BCUT2D eigenvalue weighted by atomic mass is 9.92. The zero-order chi connectivity index (χ0) is 14.8. The van der Waals surface area contributed by atoms with E-state index in [0.717, 1.165) is 48.0 Å². The van der Waals surface area contributed by atoms with Crippen LogP contribution in [-0.4, -0.2) is 38.6 Å². The average Bonchev–Trinajstić information content (AvgIpc) is 3.15. The molecule has 0 bridgehead atoms. The first-order valence-electron chi connectivity index (χ1n) is 7.22. The quantitative estimate of drug-likeness (QED) is 0.871. The van der Waals surface area contributed by atoms with Crippen molar-refractivity contribution in [3.8, 4) is 10.6 Å². The Bertz CT molecular complexity index is 628. The van der Waals surface area contributed by atoms with E-state index in [2.05, 4.69) is 14.7 Å². The molecule has 1 fully saturated rings. The van der Waals surface area contributed by atoms with E-state index in [0.29, 0.717) is 12.3 Å². The SMILES string of the molecule is CCC(=O)N1CCC(c2nnsc2-c2cc(C)no2)CC1. The van der Waals surface area contributed by atoms with Gasteiger partial charge in [-0.1, -0.05) is 16.6 Å². The largest absolute Gasteiger partial charge is 0.355 e. The summed E-state index contributed by atoms with van der Waals surface area (Å²) in [6.07, 6.45) is 2.43. The van der Waals surface area contributed by atoms with Crippen molar-refractivity contribution >= 4 is 17.4 Å². The van der Waals surface area contributed by atoms with Crippen LogP contribution in [0, 0.1) is 6.92 Å². The van der Waals surface area contributed by atoms with Gasteiger partial charge in [-0.2, -0.15) is 0 Å². The second kappa shape index (κ2) is 5.93. The second-order valence-corrected chi connectivity index (χ2v) is 6.08. The minimum Gasteiger partial charge on any atom is -0.355 e. The summed E-state index contributed by atoms with van der Waals surface area (Å²) in [6.45, 7) is 5.40. The highest BCUT2D eigenvalue weighted by atomic mass is 32.1. The van der Waals surface area contributed by atoms with E-state index in [1.54, 1.807) is 0 Å². The van der Waals surface area contributed by atoms with E-state index < -0.39 is 0 Å². The van der Waals surface area contributed by atoms with Crippen molar-refractivity contribution in [1.82, 2.24) is 19.6 Å². The lowest BCUT2D eigenvalue weighted by Crippen LogP contribution is -2.37. The highest BCUT2D eigenvalue weighted by molar-refractivity contribution is 7.09. The van der Waals surface area contributed by atoms with Crippen LogP contribution in [-0.2, 0) is 4.79 Å². The summed E-state index contributed by atoms with van der Waals surface area (Å²) < 4.78 is 9.41. The molecule has 0 spiro atoms. The lowest BCUT2D eigenvalue weighted by Gasteiger charge is -2.31. The summed E-state index contributed by atoms with van der Waals surface area (Å²) in [6, 6.07) is 1.91. The summed E-state index contributed by atoms with van der Waals surface area (Å²) in [5, 5.41) is 8.22. The first-order valence-corrected chi connectivity index (χ1v) is 8.00. The molecule has 0 aliphatic carbocycles. The third-order valence-electron chi connectivity index (χ3n) is 3.90. The topological polar surface area (TPSA) is 72.1 Å². The maximum atomic E-state index is 11.7. The number of rotatable bonds is 3. The fourth-order valence-corrected chi connectivity index (χ4v) is 3.43. The predicted octanol–water partition coefficient (Wildman–Crippen LogP) is 2.62. The van der Waals surface area contributed by atoms with Crippen LogP contribution in [0.3, 0.4) is 0 Å². The van der Waals surface area contributed by atoms with Gasteiger partial charge in [-0.05, 0) is 31.3 Å². The highest BCUT2D eigenvalue weighted by Gasteiger charge is 2.28.